The van der Waals surface area contributed by atoms with Crippen LogP contribution in [0.25, 0.3) is 5.65 Å². The van der Waals surface area contributed by atoms with Gasteiger partial charge in [0.2, 0.25) is 10.0 Å². The van der Waals surface area contributed by atoms with Gasteiger partial charge in [0.05, 0.1) is 5.69 Å². The fourth-order valence-electron chi connectivity index (χ4n) is 3.97. The quantitative estimate of drug-likeness (QED) is 0.645. The molecule has 4 rings (SSSR count). The first kappa shape index (κ1) is 19.4. The second-order valence-corrected chi connectivity index (χ2v) is 9.41. The van der Waals surface area contributed by atoms with Crippen LogP contribution >= 0.6 is 11.6 Å². The highest BCUT2D eigenvalue weighted by atomic mass is 35.5. The van der Waals surface area contributed by atoms with E-state index in [1.54, 1.807) is 24.8 Å². The number of rotatable bonds is 4. The van der Waals surface area contributed by atoms with E-state index in [9.17, 15) is 8.42 Å². The van der Waals surface area contributed by atoms with Crippen LogP contribution in [0.4, 0.5) is 0 Å². The standard InChI is InChI=1S/C18H23ClN6O2S/c1-4-13-9-16-20-11-21-25(16)10-15(13)14-5-7-24(8-6-14)28(26,27)17-12(2)23(3)22-18(17)19/h9-11,14H,4-8H2,1-3H3. The summed E-state index contributed by atoms with van der Waals surface area (Å²) in [5.41, 5.74) is 3.86. The second kappa shape index (κ2) is 7.13. The van der Waals surface area contributed by atoms with Crippen molar-refractivity contribution in [1.82, 2.24) is 28.7 Å². The monoisotopic (exact) mass is 422 g/mol. The number of piperidine rings is 1. The summed E-state index contributed by atoms with van der Waals surface area (Å²) in [7, 11) is -1.97. The molecule has 4 heterocycles. The molecule has 0 bridgehead atoms. The Morgan fingerprint density at radius 1 is 1.29 bits per heavy atom. The first-order valence-electron chi connectivity index (χ1n) is 9.34. The van der Waals surface area contributed by atoms with E-state index < -0.39 is 10.0 Å². The van der Waals surface area contributed by atoms with Crippen LogP contribution in [-0.4, -0.2) is 50.2 Å². The predicted octanol–water partition coefficient (Wildman–Crippen LogP) is 2.56. The van der Waals surface area contributed by atoms with E-state index in [1.165, 1.54) is 20.1 Å². The molecule has 0 atom stereocenters. The maximum Gasteiger partial charge on any atom is 0.248 e. The molecular formula is C18H23ClN6O2S. The predicted molar refractivity (Wildman–Crippen MR) is 106 cm³/mol. The summed E-state index contributed by atoms with van der Waals surface area (Å²) in [5.74, 6) is 0.292. The number of halogens is 1. The first-order valence-corrected chi connectivity index (χ1v) is 11.2. The van der Waals surface area contributed by atoms with Gasteiger partial charge >= 0.3 is 0 Å². The Morgan fingerprint density at radius 3 is 2.61 bits per heavy atom. The number of pyridine rings is 1. The molecule has 1 aliphatic rings. The zero-order chi connectivity index (χ0) is 20.1. The van der Waals surface area contributed by atoms with Crippen LogP contribution in [-0.2, 0) is 23.5 Å². The lowest BCUT2D eigenvalue weighted by Gasteiger charge is -2.32. The molecule has 1 fully saturated rings. The van der Waals surface area contributed by atoms with Gasteiger partial charge < -0.3 is 0 Å². The lowest BCUT2D eigenvalue weighted by molar-refractivity contribution is 0.318. The Bertz CT molecular complexity index is 1130. The van der Waals surface area contributed by atoms with Crippen LogP contribution in [0.5, 0.6) is 0 Å². The third-order valence-electron chi connectivity index (χ3n) is 5.65. The Morgan fingerprint density at radius 2 is 2.00 bits per heavy atom. The molecule has 0 N–H and O–H groups in total. The van der Waals surface area contributed by atoms with E-state index in [0.717, 1.165) is 24.9 Å². The zero-order valence-electron chi connectivity index (χ0n) is 16.1. The average Bonchev–Trinajstić information content (AvgIpc) is 3.24. The minimum atomic E-state index is -3.66. The summed E-state index contributed by atoms with van der Waals surface area (Å²) < 4.78 is 31.0. The number of hydrogen-bond acceptors (Lipinski definition) is 5. The van der Waals surface area contributed by atoms with Crippen molar-refractivity contribution >= 4 is 27.3 Å². The topological polar surface area (TPSA) is 85.4 Å². The molecule has 8 nitrogen and oxygen atoms in total. The highest BCUT2D eigenvalue weighted by Crippen LogP contribution is 2.35. The van der Waals surface area contributed by atoms with Crippen molar-refractivity contribution in [2.24, 2.45) is 7.05 Å². The lowest BCUT2D eigenvalue weighted by atomic mass is 9.87. The van der Waals surface area contributed by atoms with Crippen molar-refractivity contribution in [1.29, 1.82) is 0 Å². The fourth-order valence-corrected chi connectivity index (χ4v) is 6.22. The second-order valence-electron chi connectivity index (χ2n) is 7.18. The maximum absolute atomic E-state index is 13.1. The molecular weight excluding hydrogens is 400 g/mol. The highest BCUT2D eigenvalue weighted by Gasteiger charge is 2.35. The first-order chi connectivity index (χ1) is 13.3. The smallest absolute Gasteiger partial charge is 0.248 e. The van der Waals surface area contributed by atoms with E-state index in [-0.39, 0.29) is 10.0 Å². The molecule has 10 heteroatoms. The van der Waals surface area contributed by atoms with Crippen LogP contribution in [0.15, 0.2) is 23.5 Å². The summed E-state index contributed by atoms with van der Waals surface area (Å²) in [5, 5.41) is 8.32. The molecule has 0 spiro atoms. The van der Waals surface area contributed by atoms with E-state index in [2.05, 4.69) is 28.2 Å². The third kappa shape index (κ3) is 3.11. The van der Waals surface area contributed by atoms with Crippen LogP contribution in [0.3, 0.4) is 0 Å². The Balaban J connectivity index is 1.58. The molecule has 0 amide bonds. The van der Waals surface area contributed by atoms with Gasteiger partial charge in [0, 0.05) is 26.3 Å². The summed E-state index contributed by atoms with van der Waals surface area (Å²) in [6, 6.07) is 2.07. The van der Waals surface area contributed by atoms with Gasteiger partial charge in [-0.1, -0.05) is 18.5 Å². The maximum atomic E-state index is 13.1. The molecule has 3 aromatic rings. The summed E-state index contributed by atoms with van der Waals surface area (Å²) >= 11 is 6.11. The van der Waals surface area contributed by atoms with Gasteiger partial charge in [0.1, 0.15) is 11.2 Å². The average molecular weight is 423 g/mol. The van der Waals surface area contributed by atoms with E-state index in [4.69, 9.17) is 11.6 Å². The van der Waals surface area contributed by atoms with Crippen LogP contribution < -0.4 is 0 Å². The van der Waals surface area contributed by atoms with E-state index in [1.807, 2.05) is 6.20 Å². The Hall–Kier alpha value is -1.97. The lowest BCUT2D eigenvalue weighted by Crippen LogP contribution is -2.38. The number of aryl methyl sites for hydroxylation is 2. The van der Waals surface area contributed by atoms with Crippen molar-refractivity contribution in [2.45, 2.75) is 43.9 Å². The molecule has 28 heavy (non-hydrogen) atoms. The molecule has 1 aliphatic heterocycles. The largest absolute Gasteiger partial charge is 0.270 e. The molecule has 150 valence electrons. The molecule has 0 aromatic carbocycles. The Kier molecular flexibility index (Phi) is 4.93. The summed E-state index contributed by atoms with van der Waals surface area (Å²) in [6.45, 7) is 4.75. The van der Waals surface area contributed by atoms with Gasteiger partial charge in [-0.25, -0.2) is 17.9 Å². The summed E-state index contributed by atoms with van der Waals surface area (Å²) in [4.78, 5) is 4.37. The third-order valence-corrected chi connectivity index (χ3v) is 8.07. The molecule has 3 aromatic heterocycles. The van der Waals surface area contributed by atoms with Crippen molar-refractivity contribution < 1.29 is 8.42 Å². The molecule has 0 radical (unpaired) electrons. The number of hydrogen-bond donors (Lipinski definition) is 0. The molecule has 0 saturated carbocycles. The minimum Gasteiger partial charge on any atom is -0.270 e. The van der Waals surface area contributed by atoms with E-state index >= 15 is 0 Å². The minimum absolute atomic E-state index is 0.0343. The molecule has 1 saturated heterocycles. The van der Waals surface area contributed by atoms with Crippen LogP contribution in [0, 0.1) is 6.92 Å². The number of nitrogens with zero attached hydrogens (tertiary/aromatic N) is 6. The zero-order valence-corrected chi connectivity index (χ0v) is 17.7. The van der Waals surface area contributed by atoms with Gasteiger partial charge in [-0.05, 0) is 49.3 Å². The molecule has 0 aliphatic carbocycles. The van der Waals surface area contributed by atoms with E-state index in [0.29, 0.717) is 24.7 Å². The SMILES string of the molecule is CCc1cc2ncnn2cc1C1CCN(S(=O)(=O)c2c(Cl)nn(C)c2C)CC1. The number of sulfonamides is 1. The van der Waals surface area contributed by atoms with Gasteiger partial charge in [0.15, 0.2) is 10.8 Å². The van der Waals surface area contributed by atoms with Crippen molar-refractivity contribution in [3.63, 3.8) is 0 Å². The van der Waals surface area contributed by atoms with Gasteiger partial charge in [0.25, 0.3) is 0 Å². The van der Waals surface area contributed by atoms with Gasteiger partial charge in [-0.3, -0.25) is 4.68 Å². The van der Waals surface area contributed by atoms with Crippen molar-refractivity contribution in [3.05, 3.63) is 40.6 Å². The van der Waals surface area contributed by atoms with Crippen molar-refractivity contribution in [2.75, 3.05) is 13.1 Å². The normalized spacial score (nSPS) is 16.9. The van der Waals surface area contributed by atoms with Gasteiger partial charge in [-0.2, -0.15) is 14.5 Å². The molecule has 0 unspecified atom stereocenters. The van der Waals surface area contributed by atoms with Crippen LogP contribution in [0.2, 0.25) is 5.15 Å². The van der Waals surface area contributed by atoms with Crippen LogP contribution in [0.1, 0.15) is 42.5 Å². The highest BCUT2D eigenvalue weighted by molar-refractivity contribution is 7.89. The Labute approximate surface area is 169 Å². The number of fused-ring (bicyclic) bond motifs is 1. The van der Waals surface area contributed by atoms with Crippen molar-refractivity contribution in [3.8, 4) is 0 Å². The number of aromatic nitrogens is 5. The summed E-state index contributed by atoms with van der Waals surface area (Å²) in [6.07, 6.45) is 6.00. The fraction of sp³-hybridized carbons (Fsp3) is 0.500. The van der Waals surface area contributed by atoms with Gasteiger partial charge in [-0.15, -0.1) is 0 Å².